The molecule has 4 rings (SSSR count). The Balaban J connectivity index is 1.76. The molecular formula is C22H20N4O2. The lowest BCUT2D eigenvalue weighted by Gasteiger charge is -2.14. The number of terminal acetylenes is 1. The van der Waals surface area contributed by atoms with Crippen LogP contribution in [-0.4, -0.2) is 27.8 Å². The summed E-state index contributed by atoms with van der Waals surface area (Å²) in [4.78, 5) is 4.62. The maximum absolute atomic E-state index is 5.94. The van der Waals surface area contributed by atoms with Crippen molar-refractivity contribution in [3.05, 3.63) is 54.7 Å². The molecular weight excluding hydrogens is 352 g/mol. The lowest BCUT2D eigenvalue weighted by atomic mass is 9.99. The van der Waals surface area contributed by atoms with Gasteiger partial charge >= 0.3 is 0 Å². The topological polar surface area (TPSA) is 90.0 Å². The van der Waals surface area contributed by atoms with E-state index in [-0.39, 0.29) is 6.04 Å². The second-order valence-electron chi connectivity index (χ2n) is 6.64. The van der Waals surface area contributed by atoms with Gasteiger partial charge in [0, 0.05) is 34.7 Å². The van der Waals surface area contributed by atoms with E-state index >= 15 is 0 Å². The number of ether oxygens (including phenoxy) is 1. The number of aryl methyl sites for hydroxylation is 1. The van der Waals surface area contributed by atoms with E-state index in [1.807, 2.05) is 31.2 Å². The molecule has 0 bridgehead atoms. The SMILES string of the molecule is C#CC[C@H](N)COc1cnc(-c2ccoc2)c(-c2ccc3n[nH]c(C)c3c2)c1. The number of nitrogens with one attached hydrogen (secondary N) is 1. The molecule has 0 saturated heterocycles. The first-order valence-corrected chi connectivity index (χ1v) is 8.95. The van der Waals surface area contributed by atoms with Crippen molar-refractivity contribution in [1.29, 1.82) is 0 Å². The van der Waals surface area contributed by atoms with Crippen LogP contribution in [0.3, 0.4) is 0 Å². The number of hydrogen-bond acceptors (Lipinski definition) is 5. The maximum atomic E-state index is 5.94. The van der Waals surface area contributed by atoms with Crippen LogP contribution in [0.15, 0.2) is 53.5 Å². The van der Waals surface area contributed by atoms with Crippen LogP contribution in [0.2, 0.25) is 0 Å². The molecule has 0 saturated carbocycles. The van der Waals surface area contributed by atoms with Gasteiger partial charge in [0.15, 0.2) is 0 Å². The van der Waals surface area contributed by atoms with Gasteiger partial charge in [0.05, 0.1) is 29.9 Å². The monoisotopic (exact) mass is 372 g/mol. The number of aromatic nitrogens is 3. The molecule has 0 unspecified atom stereocenters. The fourth-order valence-corrected chi connectivity index (χ4v) is 3.09. The third kappa shape index (κ3) is 3.48. The number of hydrogen-bond donors (Lipinski definition) is 2. The van der Waals surface area contributed by atoms with Crippen LogP contribution in [0.25, 0.3) is 33.3 Å². The summed E-state index contributed by atoms with van der Waals surface area (Å²) in [6.07, 6.45) is 10.8. The van der Waals surface area contributed by atoms with E-state index in [2.05, 4.69) is 27.2 Å². The van der Waals surface area contributed by atoms with E-state index in [0.29, 0.717) is 18.8 Å². The Bertz CT molecular complexity index is 1140. The van der Waals surface area contributed by atoms with Crippen LogP contribution in [0.4, 0.5) is 0 Å². The average molecular weight is 372 g/mol. The fraction of sp³-hybridized carbons (Fsp3) is 0.182. The number of pyridine rings is 1. The molecule has 0 aliphatic heterocycles. The number of furan rings is 1. The predicted octanol–water partition coefficient (Wildman–Crippen LogP) is 3.92. The van der Waals surface area contributed by atoms with Crippen LogP contribution in [0.1, 0.15) is 12.1 Å². The summed E-state index contributed by atoms with van der Waals surface area (Å²) in [5.41, 5.74) is 11.5. The number of nitrogens with zero attached hydrogens (tertiary/aromatic N) is 2. The van der Waals surface area contributed by atoms with Gasteiger partial charge in [-0.15, -0.1) is 12.3 Å². The summed E-state index contributed by atoms with van der Waals surface area (Å²) in [6.45, 7) is 2.33. The lowest BCUT2D eigenvalue weighted by Crippen LogP contribution is -2.27. The van der Waals surface area contributed by atoms with E-state index < -0.39 is 0 Å². The molecule has 28 heavy (non-hydrogen) atoms. The van der Waals surface area contributed by atoms with E-state index in [4.69, 9.17) is 21.3 Å². The van der Waals surface area contributed by atoms with Crippen molar-refractivity contribution in [3.8, 4) is 40.5 Å². The highest BCUT2D eigenvalue weighted by molar-refractivity contribution is 5.90. The number of aromatic amines is 1. The normalized spacial score (nSPS) is 12.0. The van der Waals surface area contributed by atoms with Gasteiger partial charge < -0.3 is 14.9 Å². The van der Waals surface area contributed by atoms with E-state index in [1.165, 1.54) is 0 Å². The third-order valence-corrected chi connectivity index (χ3v) is 4.56. The summed E-state index contributed by atoms with van der Waals surface area (Å²) in [6, 6.07) is 9.75. The Morgan fingerprint density at radius 1 is 1.29 bits per heavy atom. The summed E-state index contributed by atoms with van der Waals surface area (Å²) >= 11 is 0. The summed E-state index contributed by atoms with van der Waals surface area (Å²) in [5, 5.41) is 8.38. The van der Waals surface area contributed by atoms with Crippen LogP contribution in [0, 0.1) is 19.3 Å². The molecule has 0 aliphatic carbocycles. The second kappa shape index (κ2) is 7.59. The first kappa shape index (κ1) is 17.8. The Kier molecular flexibility index (Phi) is 4.83. The molecule has 140 valence electrons. The quantitative estimate of drug-likeness (QED) is 0.501. The zero-order valence-corrected chi connectivity index (χ0v) is 15.5. The summed E-state index contributed by atoms with van der Waals surface area (Å²) in [7, 11) is 0. The minimum atomic E-state index is -0.216. The second-order valence-corrected chi connectivity index (χ2v) is 6.64. The molecule has 1 aromatic carbocycles. The minimum Gasteiger partial charge on any atom is -0.490 e. The van der Waals surface area contributed by atoms with Crippen molar-refractivity contribution in [3.63, 3.8) is 0 Å². The van der Waals surface area contributed by atoms with E-state index in [0.717, 1.165) is 39.0 Å². The van der Waals surface area contributed by atoms with Crippen LogP contribution in [-0.2, 0) is 0 Å². The molecule has 1 atom stereocenters. The summed E-state index contributed by atoms with van der Waals surface area (Å²) < 4.78 is 11.1. The van der Waals surface area contributed by atoms with Gasteiger partial charge in [-0.05, 0) is 36.8 Å². The van der Waals surface area contributed by atoms with Gasteiger partial charge in [-0.3, -0.25) is 10.1 Å². The van der Waals surface area contributed by atoms with Crippen molar-refractivity contribution in [2.75, 3.05) is 6.61 Å². The molecule has 0 amide bonds. The molecule has 3 aromatic heterocycles. The standard InChI is InChI=1S/C22H20N4O2/c1-3-4-17(23)13-28-18-10-20(22(24-11-18)16-7-8-27-12-16)15-5-6-21-19(9-15)14(2)25-26-21/h1,5-12,17H,4,13,23H2,2H3,(H,25,26)/t17-/m0/s1. The molecule has 0 spiro atoms. The van der Waals surface area contributed by atoms with Crippen molar-refractivity contribution in [2.24, 2.45) is 5.73 Å². The summed E-state index contributed by atoms with van der Waals surface area (Å²) in [5.74, 6) is 3.19. The highest BCUT2D eigenvalue weighted by atomic mass is 16.5. The molecule has 4 aromatic rings. The van der Waals surface area contributed by atoms with Crippen LogP contribution in [0.5, 0.6) is 5.75 Å². The Labute approximate surface area is 162 Å². The average Bonchev–Trinajstić information content (AvgIpc) is 3.37. The van der Waals surface area contributed by atoms with Gasteiger partial charge in [-0.1, -0.05) is 6.07 Å². The largest absolute Gasteiger partial charge is 0.490 e. The Morgan fingerprint density at radius 3 is 2.96 bits per heavy atom. The van der Waals surface area contributed by atoms with E-state index in [9.17, 15) is 0 Å². The molecule has 6 nitrogen and oxygen atoms in total. The Hall–Kier alpha value is -3.56. The van der Waals surface area contributed by atoms with Gasteiger partial charge in [0.25, 0.3) is 0 Å². The highest BCUT2D eigenvalue weighted by Gasteiger charge is 2.14. The Morgan fingerprint density at radius 2 is 2.18 bits per heavy atom. The van der Waals surface area contributed by atoms with Gasteiger partial charge in [0.1, 0.15) is 12.4 Å². The van der Waals surface area contributed by atoms with Crippen molar-refractivity contribution in [1.82, 2.24) is 15.2 Å². The molecule has 0 radical (unpaired) electrons. The minimum absolute atomic E-state index is 0.216. The molecule has 3 heterocycles. The van der Waals surface area contributed by atoms with Crippen LogP contribution >= 0.6 is 0 Å². The third-order valence-electron chi connectivity index (χ3n) is 4.56. The number of nitrogens with two attached hydrogens (primary N) is 1. The molecule has 0 aliphatic rings. The lowest BCUT2D eigenvalue weighted by molar-refractivity contribution is 0.289. The number of benzene rings is 1. The number of H-pyrrole nitrogens is 1. The first-order chi connectivity index (χ1) is 13.7. The first-order valence-electron chi connectivity index (χ1n) is 8.95. The predicted molar refractivity (Wildman–Crippen MR) is 109 cm³/mol. The van der Waals surface area contributed by atoms with Crippen molar-refractivity contribution >= 4 is 10.9 Å². The van der Waals surface area contributed by atoms with Crippen molar-refractivity contribution in [2.45, 2.75) is 19.4 Å². The number of rotatable bonds is 6. The van der Waals surface area contributed by atoms with Gasteiger partial charge in [-0.25, -0.2) is 0 Å². The molecule has 6 heteroatoms. The van der Waals surface area contributed by atoms with Gasteiger partial charge in [-0.2, -0.15) is 5.10 Å². The molecule has 3 N–H and O–H groups in total. The zero-order chi connectivity index (χ0) is 19.5. The van der Waals surface area contributed by atoms with Gasteiger partial charge in [0.2, 0.25) is 0 Å². The zero-order valence-electron chi connectivity index (χ0n) is 15.5. The molecule has 0 fully saturated rings. The fourth-order valence-electron chi connectivity index (χ4n) is 3.09. The van der Waals surface area contributed by atoms with Crippen molar-refractivity contribution < 1.29 is 9.15 Å². The highest BCUT2D eigenvalue weighted by Crippen LogP contribution is 2.35. The van der Waals surface area contributed by atoms with Crippen LogP contribution < -0.4 is 10.5 Å². The van der Waals surface area contributed by atoms with E-state index in [1.54, 1.807) is 18.7 Å². The smallest absolute Gasteiger partial charge is 0.138 e. The maximum Gasteiger partial charge on any atom is 0.138 e. The number of fused-ring (bicyclic) bond motifs is 1.